The monoisotopic (exact) mass is 254 g/mol. The van der Waals surface area contributed by atoms with Crippen molar-refractivity contribution in [2.45, 2.75) is 72.3 Å². The minimum absolute atomic E-state index is 0.469. The summed E-state index contributed by atoms with van der Waals surface area (Å²) in [5.41, 5.74) is 0.469. The molecule has 2 nitrogen and oxygen atoms in total. The van der Waals surface area contributed by atoms with Crippen molar-refractivity contribution >= 4 is 0 Å². The molecule has 0 aromatic heterocycles. The van der Waals surface area contributed by atoms with Gasteiger partial charge < -0.3 is 10.2 Å². The number of hydrogen-bond donors (Lipinski definition) is 1. The molecule has 2 heteroatoms. The summed E-state index contributed by atoms with van der Waals surface area (Å²) < 4.78 is 0. The number of hydrogen-bond acceptors (Lipinski definition) is 2. The lowest BCUT2D eigenvalue weighted by molar-refractivity contribution is 0.191. The lowest BCUT2D eigenvalue weighted by Gasteiger charge is -2.34. The Bertz CT molecular complexity index is 205. The van der Waals surface area contributed by atoms with E-state index in [0.29, 0.717) is 5.41 Å². The summed E-state index contributed by atoms with van der Waals surface area (Å²) in [6, 6.07) is 0.762. The van der Waals surface area contributed by atoms with Gasteiger partial charge >= 0.3 is 0 Å². The SMILES string of the molecule is CCCCCC(C)(C)CNC1CCN(CC)CC1. The van der Waals surface area contributed by atoms with Crippen molar-refractivity contribution in [1.29, 1.82) is 0 Å². The highest BCUT2D eigenvalue weighted by Gasteiger charge is 2.22. The van der Waals surface area contributed by atoms with Gasteiger partial charge in [-0.25, -0.2) is 0 Å². The van der Waals surface area contributed by atoms with Crippen molar-refractivity contribution in [2.24, 2.45) is 5.41 Å². The smallest absolute Gasteiger partial charge is 0.00916 e. The first-order valence-electron chi connectivity index (χ1n) is 8.03. The van der Waals surface area contributed by atoms with E-state index in [9.17, 15) is 0 Å². The third-order valence-electron chi connectivity index (χ3n) is 4.36. The van der Waals surface area contributed by atoms with Crippen LogP contribution in [0.15, 0.2) is 0 Å². The maximum absolute atomic E-state index is 3.81. The van der Waals surface area contributed by atoms with E-state index in [4.69, 9.17) is 0 Å². The number of nitrogens with one attached hydrogen (secondary N) is 1. The second kappa shape index (κ2) is 8.16. The molecule has 1 N–H and O–H groups in total. The molecule has 1 aliphatic heterocycles. The molecule has 0 unspecified atom stereocenters. The van der Waals surface area contributed by atoms with Gasteiger partial charge in [-0.2, -0.15) is 0 Å². The van der Waals surface area contributed by atoms with Crippen molar-refractivity contribution in [3.8, 4) is 0 Å². The third kappa shape index (κ3) is 6.19. The molecule has 0 bridgehead atoms. The molecule has 0 aromatic carbocycles. The van der Waals surface area contributed by atoms with Gasteiger partial charge in [-0.15, -0.1) is 0 Å². The maximum atomic E-state index is 3.81. The minimum Gasteiger partial charge on any atom is -0.313 e. The highest BCUT2D eigenvalue weighted by atomic mass is 15.1. The zero-order chi connectivity index (χ0) is 13.4. The van der Waals surface area contributed by atoms with Crippen LogP contribution in [0.25, 0.3) is 0 Å². The van der Waals surface area contributed by atoms with Crippen molar-refractivity contribution in [1.82, 2.24) is 10.2 Å². The first-order valence-corrected chi connectivity index (χ1v) is 8.03. The van der Waals surface area contributed by atoms with Crippen LogP contribution in [0.3, 0.4) is 0 Å². The molecule has 0 aromatic rings. The quantitative estimate of drug-likeness (QED) is 0.665. The van der Waals surface area contributed by atoms with E-state index in [1.54, 1.807) is 0 Å². The fraction of sp³-hybridized carbons (Fsp3) is 1.00. The number of rotatable bonds is 8. The Labute approximate surface area is 115 Å². The van der Waals surface area contributed by atoms with Crippen LogP contribution in [-0.2, 0) is 0 Å². The summed E-state index contributed by atoms with van der Waals surface area (Å²) in [5.74, 6) is 0. The van der Waals surface area contributed by atoms with Crippen molar-refractivity contribution in [3.63, 3.8) is 0 Å². The number of likely N-dealkylation sites (tertiary alicyclic amines) is 1. The number of piperidine rings is 1. The molecule has 1 saturated heterocycles. The molecule has 0 saturated carbocycles. The lowest BCUT2D eigenvalue weighted by Crippen LogP contribution is -2.45. The van der Waals surface area contributed by atoms with Gasteiger partial charge in [0.2, 0.25) is 0 Å². The van der Waals surface area contributed by atoms with Gasteiger partial charge in [0, 0.05) is 12.6 Å². The van der Waals surface area contributed by atoms with Gasteiger partial charge in [-0.05, 0) is 44.3 Å². The van der Waals surface area contributed by atoms with Gasteiger partial charge in [-0.3, -0.25) is 0 Å². The fourth-order valence-corrected chi connectivity index (χ4v) is 2.82. The van der Waals surface area contributed by atoms with Crippen LogP contribution in [0.5, 0.6) is 0 Å². The molecule has 0 aliphatic carbocycles. The number of nitrogens with zero attached hydrogens (tertiary/aromatic N) is 1. The molecule has 108 valence electrons. The highest BCUT2D eigenvalue weighted by Crippen LogP contribution is 2.23. The topological polar surface area (TPSA) is 15.3 Å². The standard InChI is InChI=1S/C16H34N2/c1-5-7-8-11-16(3,4)14-17-15-9-12-18(6-2)13-10-15/h15,17H,5-14H2,1-4H3. The van der Waals surface area contributed by atoms with Crippen LogP contribution in [0.2, 0.25) is 0 Å². The van der Waals surface area contributed by atoms with Gasteiger partial charge in [0.15, 0.2) is 0 Å². The minimum atomic E-state index is 0.469. The fourth-order valence-electron chi connectivity index (χ4n) is 2.82. The molecule has 1 aliphatic rings. The Morgan fingerprint density at radius 1 is 1.11 bits per heavy atom. The molecule has 1 rings (SSSR count). The van der Waals surface area contributed by atoms with Crippen molar-refractivity contribution < 1.29 is 0 Å². The highest BCUT2D eigenvalue weighted by molar-refractivity contribution is 4.80. The summed E-state index contributed by atoms with van der Waals surface area (Å²) in [6.07, 6.45) is 8.14. The Hall–Kier alpha value is -0.0800. The Kier molecular flexibility index (Phi) is 7.25. The van der Waals surface area contributed by atoms with Crippen LogP contribution in [0, 0.1) is 5.41 Å². The maximum Gasteiger partial charge on any atom is 0.00916 e. The van der Waals surface area contributed by atoms with Gasteiger partial charge in [0.1, 0.15) is 0 Å². The predicted octanol–water partition coefficient (Wildman–Crippen LogP) is 3.67. The van der Waals surface area contributed by atoms with Crippen LogP contribution in [0.4, 0.5) is 0 Å². The summed E-state index contributed by atoms with van der Waals surface area (Å²) >= 11 is 0. The van der Waals surface area contributed by atoms with Crippen LogP contribution < -0.4 is 5.32 Å². The average molecular weight is 254 g/mol. The summed E-state index contributed by atoms with van der Waals surface area (Å²) in [4.78, 5) is 2.56. The van der Waals surface area contributed by atoms with Gasteiger partial charge in [0.25, 0.3) is 0 Å². The van der Waals surface area contributed by atoms with Crippen LogP contribution in [0.1, 0.15) is 66.2 Å². The van der Waals surface area contributed by atoms with Crippen LogP contribution in [-0.4, -0.2) is 37.1 Å². The normalized spacial score (nSPS) is 19.3. The van der Waals surface area contributed by atoms with Crippen molar-refractivity contribution in [3.05, 3.63) is 0 Å². The zero-order valence-corrected chi connectivity index (χ0v) is 13.1. The summed E-state index contributed by atoms with van der Waals surface area (Å²) in [7, 11) is 0. The van der Waals surface area contributed by atoms with E-state index in [1.165, 1.54) is 64.7 Å². The van der Waals surface area contributed by atoms with E-state index < -0.39 is 0 Å². The van der Waals surface area contributed by atoms with Crippen LogP contribution >= 0.6 is 0 Å². The molecular weight excluding hydrogens is 220 g/mol. The molecule has 1 heterocycles. The molecular formula is C16H34N2. The average Bonchev–Trinajstić information content (AvgIpc) is 2.37. The predicted molar refractivity (Wildman–Crippen MR) is 81.1 cm³/mol. The largest absolute Gasteiger partial charge is 0.313 e. The summed E-state index contributed by atoms with van der Waals surface area (Å²) in [6.45, 7) is 14.3. The molecule has 18 heavy (non-hydrogen) atoms. The molecule has 0 amide bonds. The third-order valence-corrected chi connectivity index (χ3v) is 4.36. The lowest BCUT2D eigenvalue weighted by atomic mass is 9.86. The second-order valence-corrected chi connectivity index (χ2v) is 6.71. The zero-order valence-electron chi connectivity index (χ0n) is 13.1. The summed E-state index contributed by atoms with van der Waals surface area (Å²) in [5, 5.41) is 3.81. The van der Waals surface area contributed by atoms with E-state index in [-0.39, 0.29) is 0 Å². The Morgan fingerprint density at radius 2 is 1.78 bits per heavy atom. The van der Waals surface area contributed by atoms with E-state index in [0.717, 1.165) is 6.04 Å². The van der Waals surface area contributed by atoms with Crippen molar-refractivity contribution in [2.75, 3.05) is 26.2 Å². The molecule has 1 fully saturated rings. The Morgan fingerprint density at radius 3 is 2.33 bits per heavy atom. The van der Waals surface area contributed by atoms with Gasteiger partial charge in [0.05, 0.1) is 0 Å². The van der Waals surface area contributed by atoms with E-state index in [1.807, 2.05) is 0 Å². The van der Waals surface area contributed by atoms with Gasteiger partial charge in [-0.1, -0.05) is 47.0 Å². The number of unbranched alkanes of at least 4 members (excludes halogenated alkanes) is 2. The van der Waals surface area contributed by atoms with E-state index in [2.05, 4.69) is 37.9 Å². The first kappa shape index (κ1) is 16.0. The second-order valence-electron chi connectivity index (χ2n) is 6.71. The Balaban J connectivity index is 2.15. The van der Waals surface area contributed by atoms with E-state index >= 15 is 0 Å². The molecule has 0 radical (unpaired) electrons. The first-order chi connectivity index (χ1) is 8.57. The molecule has 0 spiro atoms. The molecule has 0 atom stereocenters.